The van der Waals surface area contributed by atoms with E-state index in [9.17, 15) is 4.79 Å². The minimum atomic E-state index is -0.0366. The average molecular weight is 251 g/mol. The Morgan fingerprint density at radius 3 is 2.78 bits per heavy atom. The molecule has 1 aliphatic rings. The van der Waals surface area contributed by atoms with Crippen molar-refractivity contribution in [2.45, 2.75) is 52.7 Å². The Kier molecular flexibility index (Phi) is 3.71. The van der Waals surface area contributed by atoms with Crippen molar-refractivity contribution in [1.82, 2.24) is 15.4 Å². The summed E-state index contributed by atoms with van der Waals surface area (Å²) in [7, 11) is 0. The number of carbonyl (C=O) groups is 1. The molecule has 1 aromatic rings. The lowest BCUT2D eigenvalue weighted by Crippen LogP contribution is -2.41. The molecule has 1 unspecified atom stereocenters. The number of rotatable bonds is 4. The summed E-state index contributed by atoms with van der Waals surface area (Å²) in [5, 5.41) is 7.22. The summed E-state index contributed by atoms with van der Waals surface area (Å²) >= 11 is 0. The molecule has 1 fully saturated rings. The Balaban J connectivity index is 2.02. The molecule has 1 aliphatic heterocycles. The lowest BCUT2D eigenvalue weighted by molar-refractivity contribution is -0.130. The van der Waals surface area contributed by atoms with Gasteiger partial charge in [0, 0.05) is 18.2 Å². The highest BCUT2D eigenvalue weighted by Crippen LogP contribution is 2.19. The van der Waals surface area contributed by atoms with Gasteiger partial charge in [0.25, 0.3) is 0 Å². The molecule has 0 saturated carbocycles. The van der Waals surface area contributed by atoms with Gasteiger partial charge in [0.15, 0.2) is 0 Å². The van der Waals surface area contributed by atoms with Crippen molar-refractivity contribution in [1.29, 1.82) is 0 Å². The molecule has 5 nitrogen and oxygen atoms in total. The Morgan fingerprint density at radius 2 is 2.22 bits per heavy atom. The lowest BCUT2D eigenvalue weighted by Gasteiger charge is -2.18. The normalized spacial score (nSPS) is 20.2. The van der Waals surface area contributed by atoms with Crippen molar-refractivity contribution in [3.63, 3.8) is 0 Å². The first-order chi connectivity index (χ1) is 8.49. The van der Waals surface area contributed by atoms with Gasteiger partial charge in [0.05, 0.1) is 18.3 Å². The Bertz CT molecular complexity index is 420. The zero-order valence-corrected chi connectivity index (χ0v) is 11.5. The van der Waals surface area contributed by atoms with E-state index in [1.54, 1.807) is 0 Å². The van der Waals surface area contributed by atoms with E-state index in [4.69, 9.17) is 4.52 Å². The number of aromatic nitrogens is 1. The smallest absolute Gasteiger partial charge is 0.240 e. The van der Waals surface area contributed by atoms with Crippen LogP contribution in [0.2, 0.25) is 0 Å². The number of aryl methyl sites for hydroxylation is 2. The molecular formula is C13H21N3O2. The minimum Gasteiger partial charge on any atom is -0.361 e. The van der Waals surface area contributed by atoms with E-state index in [0.29, 0.717) is 12.6 Å². The van der Waals surface area contributed by atoms with Gasteiger partial charge in [0.1, 0.15) is 5.76 Å². The molecule has 1 atom stereocenters. The highest BCUT2D eigenvalue weighted by atomic mass is 16.5. The topological polar surface area (TPSA) is 58.4 Å². The summed E-state index contributed by atoms with van der Waals surface area (Å²) in [6.07, 6.45) is 0.875. The van der Waals surface area contributed by atoms with Gasteiger partial charge in [-0.3, -0.25) is 4.79 Å². The van der Waals surface area contributed by atoms with Gasteiger partial charge in [0.2, 0.25) is 5.91 Å². The summed E-state index contributed by atoms with van der Waals surface area (Å²) < 4.78 is 5.13. The quantitative estimate of drug-likeness (QED) is 0.878. The van der Waals surface area contributed by atoms with E-state index in [-0.39, 0.29) is 11.9 Å². The minimum absolute atomic E-state index is 0.0366. The van der Waals surface area contributed by atoms with Gasteiger partial charge in [-0.05, 0) is 20.3 Å². The Labute approximate surface area is 108 Å². The van der Waals surface area contributed by atoms with Gasteiger partial charge in [-0.15, -0.1) is 0 Å². The van der Waals surface area contributed by atoms with Crippen LogP contribution in [-0.4, -0.2) is 34.6 Å². The van der Waals surface area contributed by atoms with Crippen LogP contribution < -0.4 is 5.32 Å². The summed E-state index contributed by atoms with van der Waals surface area (Å²) in [6.45, 7) is 9.33. The number of hydrogen-bond acceptors (Lipinski definition) is 4. The molecule has 0 spiro atoms. The summed E-state index contributed by atoms with van der Waals surface area (Å²) in [6, 6.07) is 0.295. The predicted octanol–water partition coefficient (Wildman–Crippen LogP) is 1.39. The third-order valence-electron chi connectivity index (χ3n) is 3.36. The molecule has 0 radical (unpaired) electrons. The first-order valence-corrected chi connectivity index (χ1v) is 6.45. The zero-order valence-electron chi connectivity index (χ0n) is 11.5. The van der Waals surface area contributed by atoms with E-state index < -0.39 is 0 Å². The van der Waals surface area contributed by atoms with Gasteiger partial charge in [-0.2, -0.15) is 0 Å². The SMILES string of the molecule is Cc1noc(C)c1CN1CCC(NC(C)C)C1=O. The van der Waals surface area contributed by atoms with Crippen molar-refractivity contribution in [3.8, 4) is 0 Å². The second-order valence-electron chi connectivity index (χ2n) is 5.23. The maximum absolute atomic E-state index is 12.2. The zero-order chi connectivity index (χ0) is 13.3. The number of nitrogens with one attached hydrogen (secondary N) is 1. The first kappa shape index (κ1) is 13.1. The standard InChI is InChI=1S/C13H21N3O2/c1-8(2)14-12-5-6-16(13(12)17)7-11-9(3)15-18-10(11)4/h8,12,14H,5-7H2,1-4H3. The summed E-state index contributed by atoms with van der Waals surface area (Å²) in [5.74, 6) is 0.990. The molecule has 1 saturated heterocycles. The molecule has 0 aromatic carbocycles. The molecule has 5 heteroatoms. The number of carbonyl (C=O) groups excluding carboxylic acids is 1. The fourth-order valence-corrected chi connectivity index (χ4v) is 2.37. The monoisotopic (exact) mass is 251 g/mol. The highest BCUT2D eigenvalue weighted by molar-refractivity contribution is 5.84. The Hall–Kier alpha value is -1.36. The number of amides is 1. The largest absolute Gasteiger partial charge is 0.361 e. The van der Waals surface area contributed by atoms with Crippen LogP contribution in [0.1, 0.15) is 37.3 Å². The maximum Gasteiger partial charge on any atom is 0.240 e. The molecule has 2 heterocycles. The van der Waals surface area contributed by atoms with Gasteiger partial charge < -0.3 is 14.7 Å². The van der Waals surface area contributed by atoms with Crippen molar-refractivity contribution < 1.29 is 9.32 Å². The number of nitrogens with zero attached hydrogens (tertiary/aromatic N) is 2. The summed E-state index contributed by atoms with van der Waals surface area (Å²) in [4.78, 5) is 14.1. The van der Waals surface area contributed by atoms with Crippen molar-refractivity contribution in [2.24, 2.45) is 0 Å². The van der Waals surface area contributed by atoms with Crippen LogP contribution in [0.3, 0.4) is 0 Å². The Morgan fingerprint density at radius 1 is 1.50 bits per heavy atom. The van der Waals surface area contributed by atoms with Crippen LogP contribution in [0.25, 0.3) is 0 Å². The molecule has 0 bridgehead atoms. The fourth-order valence-electron chi connectivity index (χ4n) is 2.37. The van der Waals surface area contributed by atoms with Crippen LogP contribution in [0.5, 0.6) is 0 Å². The third kappa shape index (κ3) is 2.56. The van der Waals surface area contributed by atoms with Crippen molar-refractivity contribution in [3.05, 3.63) is 17.0 Å². The van der Waals surface area contributed by atoms with E-state index in [1.165, 1.54) is 0 Å². The summed E-state index contributed by atoms with van der Waals surface area (Å²) in [5.41, 5.74) is 1.91. The van der Waals surface area contributed by atoms with Crippen LogP contribution >= 0.6 is 0 Å². The lowest BCUT2D eigenvalue weighted by atomic mass is 10.2. The average Bonchev–Trinajstić information content (AvgIpc) is 2.78. The van der Waals surface area contributed by atoms with E-state index in [0.717, 1.165) is 30.0 Å². The second-order valence-corrected chi connectivity index (χ2v) is 5.23. The molecule has 2 rings (SSSR count). The fraction of sp³-hybridized carbons (Fsp3) is 0.692. The molecule has 18 heavy (non-hydrogen) atoms. The number of hydrogen-bond donors (Lipinski definition) is 1. The molecule has 1 amide bonds. The van der Waals surface area contributed by atoms with Gasteiger partial charge >= 0.3 is 0 Å². The van der Waals surface area contributed by atoms with Crippen LogP contribution in [-0.2, 0) is 11.3 Å². The van der Waals surface area contributed by atoms with Gasteiger partial charge in [-0.1, -0.05) is 19.0 Å². The maximum atomic E-state index is 12.2. The second kappa shape index (κ2) is 5.10. The molecule has 100 valence electrons. The molecule has 1 aromatic heterocycles. The highest BCUT2D eigenvalue weighted by Gasteiger charge is 2.32. The van der Waals surface area contributed by atoms with E-state index in [2.05, 4.69) is 24.3 Å². The first-order valence-electron chi connectivity index (χ1n) is 6.45. The van der Waals surface area contributed by atoms with Gasteiger partial charge in [-0.25, -0.2) is 0 Å². The molecule has 0 aliphatic carbocycles. The molecular weight excluding hydrogens is 230 g/mol. The van der Waals surface area contributed by atoms with Crippen LogP contribution in [0.4, 0.5) is 0 Å². The van der Waals surface area contributed by atoms with Crippen molar-refractivity contribution in [2.75, 3.05) is 6.54 Å². The third-order valence-corrected chi connectivity index (χ3v) is 3.36. The van der Waals surface area contributed by atoms with Crippen LogP contribution in [0.15, 0.2) is 4.52 Å². The predicted molar refractivity (Wildman–Crippen MR) is 68.1 cm³/mol. The van der Waals surface area contributed by atoms with E-state index in [1.807, 2.05) is 18.7 Å². The van der Waals surface area contributed by atoms with Crippen molar-refractivity contribution >= 4 is 5.91 Å². The van der Waals surface area contributed by atoms with E-state index >= 15 is 0 Å². The molecule has 1 N–H and O–H groups in total. The van der Waals surface area contributed by atoms with Crippen LogP contribution in [0, 0.1) is 13.8 Å². The number of likely N-dealkylation sites (tertiary alicyclic amines) is 1.